The maximum atomic E-state index is 13.6. The molecule has 11 heteroatoms. The lowest BCUT2D eigenvalue weighted by atomic mass is 10.1. The number of nitrogens with zero attached hydrogens (tertiary/aromatic N) is 2. The molecule has 0 unspecified atom stereocenters. The summed E-state index contributed by atoms with van der Waals surface area (Å²) in [4.78, 5) is 32.9. The molecule has 0 fully saturated rings. The van der Waals surface area contributed by atoms with Gasteiger partial charge in [-0.25, -0.2) is 18.7 Å². The molecule has 0 aliphatic carbocycles. The molecule has 3 rings (SSSR count). The van der Waals surface area contributed by atoms with Gasteiger partial charge in [-0.05, 0) is 31.0 Å². The van der Waals surface area contributed by atoms with Crippen LogP contribution >= 0.6 is 34.6 Å². The van der Waals surface area contributed by atoms with Crippen molar-refractivity contribution < 1.29 is 18.4 Å². The number of aryl methyl sites for hydroxylation is 1. The smallest absolute Gasteiger partial charge is 0.262 e. The van der Waals surface area contributed by atoms with E-state index < -0.39 is 24.0 Å². The molecular weight excluding hydrogens is 414 g/mol. The first-order valence-electron chi connectivity index (χ1n) is 7.46. The maximum Gasteiger partial charge on any atom is 0.262 e. The number of amides is 1. The van der Waals surface area contributed by atoms with Crippen molar-refractivity contribution in [3.63, 3.8) is 0 Å². The molecule has 2 aromatic heterocycles. The third-order valence-corrected chi connectivity index (χ3v) is 5.93. The Balaban J connectivity index is 1.74. The number of carbonyl (C=O) groups is 2. The number of rotatable bonds is 5. The van der Waals surface area contributed by atoms with Crippen LogP contribution in [0.5, 0.6) is 0 Å². The van der Waals surface area contributed by atoms with Gasteiger partial charge < -0.3 is 5.32 Å². The fourth-order valence-electron chi connectivity index (χ4n) is 2.23. The Morgan fingerprint density at radius 2 is 1.96 bits per heavy atom. The van der Waals surface area contributed by atoms with E-state index in [9.17, 15) is 18.4 Å². The minimum Gasteiger partial charge on any atom is -0.302 e. The molecule has 140 valence electrons. The van der Waals surface area contributed by atoms with Crippen LogP contribution in [0.4, 0.5) is 13.9 Å². The number of aromatic nitrogens is 2. The van der Waals surface area contributed by atoms with E-state index >= 15 is 0 Å². The SMILES string of the molecule is Cc1nc(C(=O)SN)sc1-c1csc(NC(=O)Cc2c(F)cccc2F)n1. The van der Waals surface area contributed by atoms with Crippen LogP contribution in [0.25, 0.3) is 10.6 Å². The highest BCUT2D eigenvalue weighted by atomic mass is 32.2. The van der Waals surface area contributed by atoms with Crippen molar-refractivity contribution in [3.8, 4) is 10.6 Å². The first-order chi connectivity index (χ1) is 12.9. The van der Waals surface area contributed by atoms with Crippen LogP contribution in [0, 0.1) is 18.6 Å². The van der Waals surface area contributed by atoms with Gasteiger partial charge in [-0.2, -0.15) is 0 Å². The Labute approximate surface area is 165 Å². The topological polar surface area (TPSA) is 98.0 Å². The van der Waals surface area contributed by atoms with Gasteiger partial charge in [0.25, 0.3) is 5.12 Å². The second-order valence-electron chi connectivity index (χ2n) is 5.30. The fraction of sp³-hybridized carbons (Fsp3) is 0.125. The van der Waals surface area contributed by atoms with Crippen LogP contribution < -0.4 is 10.5 Å². The average Bonchev–Trinajstić information content (AvgIpc) is 3.24. The lowest BCUT2D eigenvalue weighted by Crippen LogP contribution is -2.16. The summed E-state index contributed by atoms with van der Waals surface area (Å²) in [6.45, 7) is 1.74. The Morgan fingerprint density at radius 3 is 2.63 bits per heavy atom. The van der Waals surface area contributed by atoms with Crippen LogP contribution in [0.15, 0.2) is 23.6 Å². The average molecular weight is 426 g/mol. The number of nitrogens with two attached hydrogens (primary N) is 1. The number of anilines is 1. The van der Waals surface area contributed by atoms with Gasteiger partial charge in [0.2, 0.25) is 5.91 Å². The van der Waals surface area contributed by atoms with Crippen molar-refractivity contribution in [1.29, 1.82) is 0 Å². The molecule has 0 bridgehead atoms. The largest absolute Gasteiger partial charge is 0.302 e. The van der Waals surface area contributed by atoms with E-state index in [4.69, 9.17) is 5.14 Å². The molecule has 2 heterocycles. The third-order valence-electron chi connectivity index (χ3n) is 3.46. The van der Waals surface area contributed by atoms with E-state index in [1.807, 2.05) is 0 Å². The van der Waals surface area contributed by atoms with Gasteiger partial charge in [0, 0.05) is 10.9 Å². The van der Waals surface area contributed by atoms with Crippen molar-refractivity contribution in [1.82, 2.24) is 9.97 Å². The number of halogens is 2. The maximum absolute atomic E-state index is 13.6. The Kier molecular flexibility index (Phi) is 5.95. The summed E-state index contributed by atoms with van der Waals surface area (Å²) < 4.78 is 27.3. The van der Waals surface area contributed by atoms with Crippen molar-refractivity contribution in [2.75, 3.05) is 5.32 Å². The normalized spacial score (nSPS) is 10.8. The highest BCUT2D eigenvalue weighted by Gasteiger charge is 2.18. The molecule has 0 radical (unpaired) electrons. The molecule has 6 nitrogen and oxygen atoms in total. The third kappa shape index (κ3) is 4.38. The molecule has 3 N–H and O–H groups in total. The van der Waals surface area contributed by atoms with E-state index in [1.54, 1.807) is 12.3 Å². The van der Waals surface area contributed by atoms with Crippen molar-refractivity contribution in [2.45, 2.75) is 13.3 Å². The van der Waals surface area contributed by atoms with E-state index in [2.05, 4.69) is 15.3 Å². The van der Waals surface area contributed by atoms with Gasteiger partial charge in [0.05, 0.1) is 22.7 Å². The van der Waals surface area contributed by atoms with Gasteiger partial charge in [0.1, 0.15) is 11.6 Å². The summed E-state index contributed by atoms with van der Waals surface area (Å²) in [5, 5.41) is 9.69. The second-order valence-corrected chi connectivity index (χ2v) is 7.77. The van der Waals surface area contributed by atoms with Gasteiger partial charge in [-0.3, -0.25) is 14.7 Å². The molecule has 27 heavy (non-hydrogen) atoms. The fourth-order valence-corrected chi connectivity index (χ4v) is 4.30. The molecule has 0 saturated heterocycles. The van der Waals surface area contributed by atoms with E-state index in [0.29, 0.717) is 28.2 Å². The molecule has 1 amide bonds. The molecule has 0 aliphatic heterocycles. The first kappa shape index (κ1) is 19.5. The predicted octanol–water partition coefficient (Wildman–Crippen LogP) is 3.78. The Hall–Kier alpha value is -2.21. The number of benzene rings is 1. The highest BCUT2D eigenvalue weighted by molar-refractivity contribution is 8.12. The van der Waals surface area contributed by atoms with Crippen molar-refractivity contribution >= 4 is 50.8 Å². The van der Waals surface area contributed by atoms with Gasteiger partial charge in [-0.15, -0.1) is 22.7 Å². The standard InChI is InChI=1S/C16H12F2N4O2S3/c1-7-13(26-14(20-7)15(24)27-19)11-6-25-16(21-11)22-12(23)5-8-9(17)3-2-4-10(8)18/h2-4,6H,5,19H2,1H3,(H,21,22,23). The summed E-state index contributed by atoms with van der Waals surface area (Å²) in [6, 6.07) is 3.43. The summed E-state index contributed by atoms with van der Waals surface area (Å²) in [7, 11) is 0. The number of thiazole rings is 2. The van der Waals surface area contributed by atoms with Crippen LogP contribution in [0.2, 0.25) is 0 Å². The van der Waals surface area contributed by atoms with Gasteiger partial charge >= 0.3 is 0 Å². The lowest BCUT2D eigenvalue weighted by Gasteiger charge is -2.04. The van der Waals surface area contributed by atoms with Crippen molar-refractivity contribution in [3.05, 3.63) is 51.5 Å². The zero-order chi connectivity index (χ0) is 19.6. The lowest BCUT2D eigenvalue weighted by molar-refractivity contribution is -0.115. The quantitative estimate of drug-likeness (QED) is 0.603. The van der Waals surface area contributed by atoms with Crippen LogP contribution in [-0.2, 0) is 11.2 Å². The van der Waals surface area contributed by atoms with Crippen LogP contribution in [0.1, 0.15) is 21.1 Å². The molecule has 0 spiro atoms. The molecule has 0 aliphatic rings. The van der Waals surface area contributed by atoms with Crippen LogP contribution in [-0.4, -0.2) is 21.0 Å². The molecule has 0 atom stereocenters. The van der Waals surface area contributed by atoms with Crippen molar-refractivity contribution in [2.24, 2.45) is 5.14 Å². The molecular formula is C16H12F2N4O2S3. The first-order valence-corrected chi connectivity index (χ1v) is 10.0. The monoisotopic (exact) mass is 426 g/mol. The summed E-state index contributed by atoms with van der Waals surface area (Å²) in [5.41, 5.74) is 0.866. The summed E-state index contributed by atoms with van der Waals surface area (Å²) >= 11 is 2.90. The Morgan fingerprint density at radius 1 is 1.26 bits per heavy atom. The molecule has 0 saturated carbocycles. The van der Waals surface area contributed by atoms with E-state index in [1.165, 1.54) is 6.07 Å². The predicted molar refractivity (Wildman–Crippen MR) is 103 cm³/mol. The second kappa shape index (κ2) is 8.21. The minimum absolute atomic E-state index is 0.267. The highest BCUT2D eigenvalue weighted by Crippen LogP contribution is 2.33. The number of hydrogen-bond donors (Lipinski definition) is 2. The van der Waals surface area contributed by atoms with Gasteiger partial charge in [0.15, 0.2) is 10.1 Å². The number of carbonyl (C=O) groups excluding carboxylic acids is 2. The van der Waals surface area contributed by atoms with Crippen LogP contribution in [0.3, 0.4) is 0 Å². The minimum atomic E-state index is -0.778. The number of hydrogen-bond acceptors (Lipinski definition) is 8. The zero-order valence-electron chi connectivity index (χ0n) is 13.8. The molecule has 1 aromatic carbocycles. The summed E-state index contributed by atoms with van der Waals surface area (Å²) in [5.74, 6) is -2.14. The summed E-state index contributed by atoms with van der Waals surface area (Å²) in [6.07, 6.45) is -0.445. The zero-order valence-corrected chi connectivity index (χ0v) is 16.2. The molecule has 3 aromatic rings. The van der Waals surface area contributed by atoms with E-state index in [-0.39, 0.29) is 20.8 Å². The number of nitrogens with one attached hydrogen (secondary N) is 1. The Bertz CT molecular complexity index is 999. The van der Waals surface area contributed by atoms with Gasteiger partial charge in [-0.1, -0.05) is 6.07 Å². The van der Waals surface area contributed by atoms with E-state index in [0.717, 1.165) is 34.8 Å².